The molecule has 18 heavy (non-hydrogen) atoms. The van der Waals surface area contributed by atoms with Crippen molar-refractivity contribution in [3.05, 3.63) is 0 Å². The molecule has 0 amide bonds. The fraction of sp³-hybridized carbons (Fsp3) is 0.857. The fourth-order valence-corrected chi connectivity index (χ4v) is 1.54. The van der Waals surface area contributed by atoms with Gasteiger partial charge in [-0.05, 0) is 13.3 Å². The van der Waals surface area contributed by atoms with Crippen LogP contribution in [-0.2, 0) is 19.1 Å². The van der Waals surface area contributed by atoms with E-state index in [4.69, 9.17) is 9.47 Å². The number of unbranched alkanes of at least 4 members (excludes halogenated alkanes) is 4. The lowest BCUT2D eigenvalue weighted by Crippen LogP contribution is -2.12. The van der Waals surface area contributed by atoms with Crippen LogP contribution in [-0.4, -0.2) is 31.6 Å². The van der Waals surface area contributed by atoms with Gasteiger partial charge in [-0.2, -0.15) is 0 Å². The van der Waals surface area contributed by atoms with E-state index >= 15 is 0 Å². The number of carbonyl (C=O) groups is 2. The predicted molar refractivity (Wildman–Crippen MR) is 70.5 cm³/mol. The molecule has 4 nitrogen and oxygen atoms in total. The van der Waals surface area contributed by atoms with Crippen LogP contribution in [0.5, 0.6) is 0 Å². The topological polar surface area (TPSA) is 52.6 Å². The largest absolute Gasteiger partial charge is 0.466 e. The Balaban J connectivity index is 3.29. The number of rotatable bonds is 12. The molecule has 0 heterocycles. The molecule has 0 saturated heterocycles. The summed E-state index contributed by atoms with van der Waals surface area (Å²) in [5.74, 6) is -0.345. The molecule has 0 N–H and O–H groups in total. The zero-order valence-corrected chi connectivity index (χ0v) is 11.7. The molecule has 0 aromatic rings. The van der Waals surface area contributed by atoms with Crippen molar-refractivity contribution in [3.63, 3.8) is 0 Å². The van der Waals surface area contributed by atoms with E-state index in [9.17, 15) is 9.59 Å². The van der Waals surface area contributed by atoms with Crippen LogP contribution >= 0.6 is 0 Å². The van der Waals surface area contributed by atoms with Crippen molar-refractivity contribution >= 4 is 11.8 Å². The Kier molecular flexibility index (Phi) is 11.9. The molecule has 0 radical (unpaired) electrons. The predicted octanol–water partition coefficient (Wildman–Crippen LogP) is 2.89. The van der Waals surface area contributed by atoms with Gasteiger partial charge in [-0.3, -0.25) is 9.59 Å². The van der Waals surface area contributed by atoms with Crippen LogP contribution in [0.1, 0.15) is 58.8 Å². The first-order valence-electron chi connectivity index (χ1n) is 6.95. The van der Waals surface area contributed by atoms with Crippen LogP contribution in [0.3, 0.4) is 0 Å². The number of Topliss-reactive ketones (excluding diaryl/α,β-unsaturated/α-hetero) is 1. The summed E-state index contributed by atoms with van der Waals surface area (Å²) >= 11 is 0. The fourth-order valence-electron chi connectivity index (χ4n) is 1.54. The summed E-state index contributed by atoms with van der Waals surface area (Å²) in [6, 6.07) is 0. The first kappa shape index (κ1) is 17.1. The standard InChI is InChI=1S/C14H26O4/c1-3-5-6-7-8-11-17-12-13(15)9-10-14(16)18-4-2/h3-12H2,1-2H3. The van der Waals surface area contributed by atoms with Crippen molar-refractivity contribution in [2.75, 3.05) is 19.8 Å². The highest BCUT2D eigenvalue weighted by Crippen LogP contribution is 2.02. The van der Waals surface area contributed by atoms with E-state index in [2.05, 4.69) is 6.92 Å². The molecule has 0 atom stereocenters. The Hall–Kier alpha value is -0.900. The molecule has 106 valence electrons. The number of carbonyl (C=O) groups excluding carboxylic acids is 2. The van der Waals surface area contributed by atoms with Crippen molar-refractivity contribution in [2.45, 2.75) is 58.8 Å². The van der Waals surface area contributed by atoms with Crippen molar-refractivity contribution in [3.8, 4) is 0 Å². The van der Waals surface area contributed by atoms with Gasteiger partial charge in [0.1, 0.15) is 6.61 Å². The average molecular weight is 258 g/mol. The van der Waals surface area contributed by atoms with Crippen LogP contribution in [0, 0.1) is 0 Å². The minimum atomic E-state index is -0.314. The van der Waals surface area contributed by atoms with E-state index in [0.717, 1.165) is 12.8 Å². The summed E-state index contributed by atoms with van der Waals surface area (Å²) in [7, 11) is 0. The lowest BCUT2D eigenvalue weighted by atomic mass is 10.2. The molecule has 0 aliphatic rings. The van der Waals surface area contributed by atoms with E-state index in [1.807, 2.05) is 0 Å². The van der Waals surface area contributed by atoms with Gasteiger partial charge in [-0.25, -0.2) is 0 Å². The van der Waals surface area contributed by atoms with Crippen LogP contribution in [0.25, 0.3) is 0 Å². The van der Waals surface area contributed by atoms with Crippen LogP contribution in [0.15, 0.2) is 0 Å². The van der Waals surface area contributed by atoms with Crippen molar-refractivity contribution in [2.24, 2.45) is 0 Å². The normalized spacial score (nSPS) is 10.3. The van der Waals surface area contributed by atoms with E-state index in [0.29, 0.717) is 13.2 Å². The minimum absolute atomic E-state index is 0.0309. The summed E-state index contributed by atoms with van der Waals surface area (Å²) < 4.78 is 10.0. The highest BCUT2D eigenvalue weighted by atomic mass is 16.5. The summed E-state index contributed by atoms with van der Waals surface area (Å²) in [6.07, 6.45) is 6.26. The third-order valence-corrected chi connectivity index (χ3v) is 2.57. The summed E-state index contributed by atoms with van der Waals surface area (Å²) in [4.78, 5) is 22.4. The van der Waals surface area contributed by atoms with Gasteiger partial charge in [0, 0.05) is 13.0 Å². The van der Waals surface area contributed by atoms with Crippen LogP contribution in [0.4, 0.5) is 0 Å². The molecule has 0 fully saturated rings. The second-order valence-corrected chi connectivity index (χ2v) is 4.31. The lowest BCUT2D eigenvalue weighted by Gasteiger charge is -2.04. The van der Waals surface area contributed by atoms with Gasteiger partial charge >= 0.3 is 5.97 Å². The molecule has 0 saturated carbocycles. The Morgan fingerprint density at radius 1 is 0.944 bits per heavy atom. The molecule has 0 aromatic heterocycles. The minimum Gasteiger partial charge on any atom is -0.466 e. The maximum absolute atomic E-state index is 11.4. The van der Waals surface area contributed by atoms with Gasteiger partial charge in [0.15, 0.2) is 5.78 Å². The summed E-state index contributed by atoms with van der Waals surface area (Å²) in [6.45, 7) is 5.05. The van der Waals surface area contributed by atoms with Gasteiger partial charge in [-0.1, -0.05) is 32.6 Å². The van der Waals surface area contributed by atoms with E-state index in [1.165, 1.54) is 19.3 Å². The van der Waals surface area contributed by atoms with Gasteiger partial charge in [0.25, 0.3) is 0 Å². The molecular weight excluding hydrogens is 232 g/mol. The van der Waals surface area contributed by atoms with Gasteiger partial charge in [-0.15, -0.1) is 0 Å². The second-order valence-electron chi connectivity index (χ2n) is 4.31. The third-order valence-electron chi connectivity index (χ3n) is 2.57. The molecule has 0 aliphatic carbocycles. The lowest BCUT2D eigenvalue weighted by molar-refractivity contribution is -0.144. The van der Waals surface area contributed by atoms with E-state index < -0.39 is 0 Å². The molecule has 4 heteroatoms. The van der Waals surface area contributed by atoms with Crippen LogP contribution in [0.2, 0.25) is 0 Å². The maximum atomic E-state index is 11.4. The number of esters is 1. The maximum Gasteiger partial charge on any atom is 0.306 e. The molecule has 0 rings (SSSR count). The Bertz CT molecular complexity index is 226. The SMILES string of the molecule is CCCCCCCOCC(=O)CCC(=O)OCC. The van der Waals surface area contributed by atoms with E-state index in [-0.39, 0.29) is 31.2 Å². The molecule has 0 unspecified atom stereocenters. The number of ketones is 1. The molecule has 0 spiro atoms. The highest BCUT2D eigenvalue weighted by Gasteiger charge is 2.07. The first-order valence-corrected chi connectivity index (χ1v) is 6.95. The number of hydrogen-bond acceptors (Lipinski definition) is 4. The average Bonchev–Trinajstić information content (AvgIpc) is 2.35. The Labute approximate surface area is 110 Å². The second kappa shape index (κ2) is 12.6. The summed E-state index contributed by atoms with van der Waals surface area (Å²) in [5, 5.41) is 0. The molecule has 0 bridgehead atoms. The zero-order chi connectivity index (χ0) is 13.6. The van der Waals surface area contributed by atoms with Crippen molar-refractivity contribution < 1.29 is 19.1 Å². The monoisotopic (exact) mass is 258 g/mol. The van der Waals surface area contributed by atoms with E-state index in [1.54, 1.807) is 6.92 Å². The van der Waals surface area contributed by atoms with Crippen molar-refractivity contribution in [1.29, 1.82) is 0 Å². The zero-order valence-electron chi connectivity index (χ0n) is 11.7. The van der Waals surface area contributed by atoms with Gasteiger partial charge < -0.3 is 9.47 Å². The smallest absolute Gasteiger partial charge is 0.306 e. The summed E-state index contributed by atoms with van der Waals surface area (Å²) in [5.41, 5.74) is 0. The molecule has 0 aliphatic heterocycles. The number of ether oxygens (including phenoxy) is 2. The Morgan fingerprint density at radius 3 is 2.33 bits per heavy atom. The van der Waals surface area contributed by atoms with Crippen LogP contribution < -0.4 is 0 Å². The van der Waals surface area contributed by atoms with Crippen molar-refractivity contribution in [1.82, 2.24) is 0 Å². The molecular formula is C14H26O4. The van der Waals surface area contributed by atoms with Gasteiger partial charge in [0.2, 0.25) is 0 Å². The third kappa shape index (κ3) is 11.6. The number of hydrogen-bond donors (Lipinski definition) is 0. The highest BCUT2D eigenvalue weighted by molar-refractivity contribution is 5.83. The molecule has 0 aromatic carbocycles. The Morgan fingerprint density at radius 2 is 1.67 bits per heavy atom. The van der Waals surface area contributed by atoms with Gasteiger partial charge in [0.05, 0.1) is 13.0 Å². The quantitative estimate of drug-likeness (QED) is 0.399. The first-order chi connectivity index (χ1) is 8.70.